The average molecular weight is 708 g/mol. The minimum atomic E-state index is -1.19. The molecule has 0 fully saturated rings. The van der Waals surface area contributed by atoms with Crippen LogP contribution in [0.1, 0.15) is 68.9 Å². The Morgan fingerprint density at radius 2 is 1.45 bits per heavy atom. The van der Waals surface area contributed by atoms with Crippen molar-refractivity contribution in [1.82, 2.24) is 10.2 Å². The summed E-state index contributed by atoms with van der Waals surface area (Å²) in [7, 11) is 0. The average Bonchev–Trinajstić information content (AvgIpc) is 3.07. The molecule has 0 aromatic heterocycles. The Kier molecular flexibility index (Phi) is 14.9. The summed E-state index contributed by atoms with van der Waals surface area (Å²) in [6, 6.07) is 19.3. The number of hydrogen-bond acceptors (Lipinski definition) is 7. The van der Waals surface area contributed by atoms with Gasteiger partial charge in [0.15, 0.2) is 0 Å². The number of aromatic carboxylic acids is 1. The van der Waals surface area contributed by atoms with Crippen LogP contribution in [0.2, 0.25) is 0 Å². The quantitative estimate of drug-likeness (QED) is 0.105. The van der Waals surface area contributed by atoms with Crippen molar-refractivity contribution < 1.29 is 38.1 Å². The number of rotatable bonds is 19. The van der Waals surface area contributed by atoms with Crippen molar-refractivity contribution in [1.29, 1.82) is 0 Å². The van der Waals surface area contributed by atoms with E-state index in [1.54, 1.807) is 55.5 Å². The Morgan fingerprint density at radius 1 is 0.882 bits per heavy atom. The molecular weight excluding hydrogens is 657 g/mol. The summed E-state index contributed by atoms with van der Waals surface area (Å²) in [6.07, 6.45) is -0.719. The van der Waals surface area contributed by atoms with E-state index in [1.165, 1.54) is 29.2 Å². The van der Waals surface area contributed by atoms with Crippen molar-refractivity contribution in [3.63, 3.8) is 0 Å². The van der Waals surface area contributed by atoms with Gasteiger partial charge in [-0.1, -0.05) is 31.2 Å². The van der Waals surface area contributed by atoms with E-state index >= 15 is 0 Å². The molecule has 0 radical (unpaired) electrons. The number of alkyl halides is 1. The Bertz CT molecular complexity index is 1590. The van der Waals surface area contributed by atoms with Gasteiger partial charge in [-0.25, -0.2) is 14.0 Å². The van der Waals surface area contributed by atoms with Crippen LogP contribution in [0.3, 0.4) is 0 Å². The molecule has 0 aliphatic rings. The van der Waals surface area contributed by atoms with Crippen molar-refractivity contribution >= 4 is 35.2 Å². The largest absolute Gasteiger partial charge is 0.492 e. The Labute approximate surface area is 298 Å². The summed E-state index contributed by atoms with van der Waals surface area (Å²) < 4.78 is 25.8. The van der Waals surface area contributed by atoms with Crippen LogP contribution in [-0.2, 0) is 27.3 Å². The molecule has 51 heavy (non-hydrogen) atoms. The van der Waals surface area contributed by atoms with Crippen LogP contribution in [0, 0.1) is 0 Å². The van der Waals surface area contributed by atoms with Crippen molar-refractivity contribution in [2.24, 2.45) is 5.73 Å². The fourth-order valence-corrected chi connectivity index (χ4v) is 4.73. The first-order valence-corrected chi connectivity index (χ1v) is 16.9. The van der Waals surface area contributed by atoms with Crippen molar-refractivity contribution in [3.05, 3.63) is 89.5 Å². The molecule has 0 heterocycles. The van der Waals surface area contributed by atoms with E-state index in [1.807, 2.05) is 27.7 Å². The van der Waals surface area contributed by atoms with Gasteiger partial charge in [0.05, 0.1) is 43.7 Å². The SMILES string of the molecule is CCC(F)CN(CCOc1ccc(C(=O)O)cc1)C(=O)Cc1ccc(NC(=O)Nc2ccc(CNC(=O)CC(C)(C)OCC(C)(C)N)cc2)cc1. The van der Waals surface area contributed by atoms with Gasteiger partial charge >= 0.3 is 12.0 Å². The lowest BCUT2D eigenvalue weighted by molar-refractivity contribution is -0.132. The topological polar surface area (TPSA) is 172 Å². The first kappa shape index (κ1) is 40.4. The Morgan fingerprint density at radius 3 is 1.98 bits per heavy atom. The first-order chi connectivity index (χ1) is 24.0. The van der Waals surface area contributed by atoms with E-state index in [0.29, 0.717) is 35.8 Å². The van der Waals surface area contributed by atoms with E-state index in [-0.39, 0.29) is 56.3 Å². The second-order valence-electron chi connectivity index (χ2n) is 13.7. The number of ether oxygens (including phenoxy) is 2. The van der Waals surface area contributed by atoms with Gasteiger partial charge in [0, 0.05) is 23.5 Å². The predicted octanol–water partition coefficient (Wildman–Crippen LogP) is 5.77. The summed E-state index contributed by atoms with van der Waals surface area (Å²) in [5.74, 6) is -1.03. The minimum Gasteiger partial charge on any atom is -0.492 e. The highest BCUT2D eigenvalue weighted by atomic mass is 19.1. The van der Waals surface area contributed by atoms with E-state index < -0.39 is 29.3 Å². The van der Waals surface area contributed by atoms with Gasteiger partial charge in [-0.3, -0.25) is 9.59 Å². The smallest absolute Gasteiger partial charge is 0.335 e. The number of benzene rings is 3. The first-order valence-electron chi connectivity index (χ1n) is 16.9. The second-order valence-corrected chi connectivity index (χ2v) is 13.7. The normalized spacial score (nSPS) is 12.1. The highest BCUT2D eigenvalue weighted by molar-refractivity contribution is 5.99. The van der Waals surface area contributed by atoms with Gasteiger partial charge in [0.1, 0.15) is 18.5 Å². The lowest BCUT2D eigenvalue weighted by Crippen LogP contribution is -2.43. The number of hydrogen-bond donors (Lipinski definition) is 5. The van der Waals surface area contributed by atoms with E-state index in [9.17, 15) is 23.6 Å². The van der Waals surface area contributed by atoms with Gasteiger partial charge in [0.2, 0.25) is 11.8 Å². The minimum absolute atomic E-state index is 0.0290. The van der Waals surface area contributed by atoms with Gasteiger partial charge in [0.25, 0.3) is 0 Å². The maximum atomic E-state index is 14.3. The number of amides is 4. The number of nitrogens with one attached hydrogen (secondary N) is 3. The highest BCUT2D eigenvalue weighted by Crippen LogP contribution is 2.18. The molecule has 276 valence electrons. The lowest BCUT2D eigenvalue weighted by atomic mass is 10.0. The van der Waals surface area contributed by atoms with Gasteiger partial charge < -0.3 is 41.2 Å². The van der Waals surface area contributed by atoms with E-state index in [4.69, 9.17) is 20.3 Å². The summed E-state index contributed by atoms with van der Waals surface area (Å²) in [6.45, 7) is 9.96. The third-order valence-corrected chi connectivity index (χ3v) is 7.64. The number of halogens is 1. The zero-order valence-electron chi connectivity index (χ0n) is 30.0. The monoisotopic (exact) mass is 707 g/mol. The Balaban J connectivity index is 1.45. The number of carboxylic acids is 1. The van der Waals surface area contributed by atoms with Crippen LogP contribution >= 0.6 is 0 Å². The molecular formula is C38H50FN5O7. The number of nitrogens with zero attached hydrogens (tertiary/aromatic N) is 1. The van der Waals surface area contributed by atoms with Gasteiger partial charge in [-0.2, -0.15) is 0 Å². The van der Waals surface area contributed by atoms with Crippen molar-refractivity contribution in [3.8, 4) is 5.75 Å². The number of carbonyl (C=O) groups is 4. The molecule has 13 heteroatoms. The summed E-state index contributed by atoms with van der Waals surface area (Å²) in [5, 5.41) is 17.5. The Hall–Kier alpha value is -5.01. The third kappa shape index (κ3) is 15.2. The standard InChI is InChI=1S/C38H50FN5O7/c1-6-29(39)24-44(19-20-50-32-17-11-28(12-18-32)35(47)48)34(46)21-26-7-13-30(14-8-26)42-36(49)43-31-15-9-27(10-16-31)23-41-33(45)22-38(4,5)51-25-37(2,3)40/h7-18,29H,6,19-25,40H2,1-5H3,(H,41,45)(H,47,48)(H2,42,43,49). The molecule has 0 aliphatic carbocycles. The van der Waals surface area contributed by atoms with Gasteiger partial charge in [-0.15, -0.1) is 0 Å². The molecule has 3 aromatic carbocycles. The maximum absolute atomic E-state index is 14.3. The molecule has 0 aliphatic heterocycles. The fourth-order valence-electron chi connectivity index (χ4n) is 4.73. The molecule has 0 spiro atoms. The van der Waals surface area contributed by atoms with Crippen LogP contribution in [0.15, 0.2) is 72.8 Å². The molecule has 0 bridgehead atoms. The summed E-state index contributed by atoms with van der Waals surface area (Å²) >= 11 is 0. The van der Waals surface area contributed by atoms with Crippen LogP contribution in [0.4, 0.5) is 20.6 Å². The number of carboxylic acid groups (broad SMARTS) is 1. The van der Waals surface area contributed by atoms with E-state index in [2.05, 4.69) is 16.0 Å². The van der Waals surface area contributed by atoms with E-state index in [0.717, 1.165) is 5.56 Å². The molecule has 3 aromatic rings. The predicted molar refractivity (Wildman–Crippen MR) is 195 cm³/mol. The van der Waals surface area contributed by atoms with Crippen LogP contribution in [0.25, 0.3) is 0 Å². The molecule has 1 unspecified atom stereocenters. The number of anilines is 2. The zero-order chi connectivity index (χ0) is 37.6. The lowest BCUT2D eigenvalue weighted by Gasteiger charge is -2.29. The van der Waals surface area contributed by atoms with Crippen LogP contribution in [-0.4, -0.2) is 77.4 Å². The fraction of sp³-hybridized carbons (Fsp3) is 0.421. The second kappa shape index (κ2) is 18.8. The van der Waals surface area contributed by atoms with Crippen LogP contribution < -0.4 is 26.4 Å². The number of carbonyl (C=O) groups excluding carboxylic acids is 3. The number of nitrogens with two attached hydrogens (primary N) is 1. The maximum Gasteiger partial charge on any atom is 0.335 e. The van der Waals surface area contributed by atoms with Crippen LogP contribution in [0.5, 0.6) is 5.75 Å². The molecule has 3 rings (SSSR count). The number of urea groups is 1. The molecule has 0 saturated carbocycles. The molecule has 6 N–H and O–H groups in total. The van der Waals surface area contributed by atoms with Gasteiger partial charge in [-0.05, 0) is 93.8 Å². The summed E-state index contributed by atoms with van der Waals surface area (Å²) in [4.78, 5) is 50.7. The zero-order valence-corrected chi connectivity index (χ0v) is 30.0. The molecule has 0 saturated heterocycles. The third-order valence-electron chi connectivity index (χ3n) is 7.64. The summed E-state index contributed by atoms with van der Waals surface area (Å²) in [5.41, 5.74) is 7.57. The highest BCUT2D eigenvalue weighted by Gasteiger charge is 2.25. The van der Waals surface area contributed by atoms with Crippen molar-refractivity contribution in [2.45, 2.75) is 77.7 Å². The molecule has 12 nitrogen and oxygen atoms in total. The molecule has 4 amide bonds. The molecule has 1 atom stereocenters. The van der Waals surface area contributed by atoms with Crippen molar-refractivity contribution in [2.75, 3.05) is 36.9 Å².